The van der Waals surface area contributed by atoms with Gasteiger partial charge in [-0.1, -0.05) is 0 Å². The molecular weight excluding hydrogens is 623 g/mol. The minimum absolute atomic E-state index is 1.01. The molecule has 1 heterocycles. The van der Waals surface area contributed by atoms with E-state index < -0.39 is 104 Å². The van der Waals surface area contributed by atoms with Crippen molar-refractivity contribution >= 4 is 0 Å². The molecule has 1 fully saturated rings. The van der Waals surface area contributed by atoms with E-state index in [0.29, 0.717) is 0 Å². The zero-order valence-electron chi connectivity index (χ0n) is 18.7. The molecule has 5 atom stereocenters. The Morgan fingerprint density at radius 1 is 0.525 bits per heavy atom. The fourth-order valence-electron chi connectivity index (χ4n) is 3.02. The molecule has 23 heteroatoms. The molecule has 6 nitrogen and oxygen atoms in total. The first kappa shape index (κ1) is 36.6. The van der Waals surface area contributed by atoms with E-state index >= 15 is 0 Å². The molecule has 0 unspecified atom stereocenters. The molecule has 1 rings (SSSR count). The predicted octanol–water partition coefficient (Wildman–Crippen LogP) is 3.59. The summed E-state index contributed by atoms with van der Waals surface area (Å²) in [5, 5.41) is 37.5. The Hall–Kier alpha value is -1.43. The van der Waals surface area contributed by atoms with Crippen molar-refractivity contribution in [3.8, 4) is 0 Å². The molecule has 0 aromatic heterocycles. The molecule has 0 bridgehead atoms. The molecule has 0 amide bonds. The summed E-state index contributed by atoms with van der Waals surface area (Å²) in [7, 11) is 0. The van der Waals surface area contributed by atoms with E-state index in [2.05, 4.69) is 9.47 Å². The third-order valence-corrected chi connectivity index (χ3v) is 5.54. The lowest BCUT2D eigenvalue weighted by molar-refractivity contribution is -0.461. The van der Waals surface area contributed by atoms with Crippen LogP contribution >= 0.6 is 0 Å². The van der Waals surface area contributed by atoms with Crippen LogP contribution < -0.4 is 0 Å². The largest absolute Gasteiger partial charge is 0.460 e. The zero-order valence-corrected chi connectivity index (χ0v) is 18.7. The van der Waals surface area contributed by atoms with E-state index in [1.165, 1.54) is 0 Å². The molecule has 1 saturated heterocycles. The summed E-state index contributed by atoms with van der Waals surface area (Å²) >= 11 is 0. The summed E-state index contributed by atoms with van der Waals surface area (Å²) in [6.45, 7) is -2.27. The molecule has 0 aromatic rings. The Kier molecular flexibility index (Phi) is 10.1. The van der Waals surface area contributed by atoms with Crippen molar-refractivity contribution in [1.29, 1.82) is 0 Å². The van der Waals surface area contributed by atoms with Gasteiger partial charge in [-0.05, 0) is 6.42 Å². The molecule has 240 valence electrons. The first-order valence-corrected chi connectivity index (χ1v) is 10.1. The Morgan fingerprint density at radius 2 is 0.925 bits per heavy atom. The van der Waals surface area contributed by atoms with Crippen molar-refractivity contribution < 1.29 is 105 Å². The molecule has 0 saturated carbocycles. The second-order valence-electron chi connectivity index (χ2n) is 8.36. The summed E-state index contributed by atoms with van der Waals surface area (Å²) in [5.74, 6) is -56.9. The van der Waals surface area contributed by atoms with Gasteiger partial charge in [0, 0.05) is 13.0 Å². The highest BCUT2D eigenvalue weighted by molar-refractivity contribution is 5.15. The van der Waals surface area contributed by atoms with Crippen molar-refractivity contribution in [3.63, 3.8) is 0 Å². The summed E-state index contributed by atoms with van der Waals surface area (Å²) in [5.41, 5.74) is 0. The van der Waals surface area contributed by atoms with Gasteiger partial charge in [0.05, 0.1) is 6.61 Å². The van der Waals surface area contributed by atoms with Crippen molar-refractivity contribution in [2.45, 2.75) is 91.2 Å². The van der Waals surface area contributed by atoms with Crippen LogP contribution in [0, 0.1) is 0 Å². The fourth-order valence-corrected chi connectivity index (χ4v) is 3.02. The highest BCUT2D eigenvalue weighted by Gasteiger charge is 2.95. The highest BCUT2D eigenvalue weighted by Crippen LogP contribution is 2.64. The second-order valence-corrected chi connectivity index (χ2v) is 8.36. The number of aliphatic hydroxyl groups excluding tert-OH is 4. The average molecular weight is 640 g/mol. The Morgan fingerprint density at radius 3 is 1.35 bits per heavy atom. The van der Waals surface area contributed by atoms with Crippen LogP contribution in [0.3, 0.4) is 0 Å². The maximum atomic E-state index is 13.8. The second kappa shape index (κ2) is 11.0. The maximum Gasteiger partial charge on any atom is 0.460 e. The van der Waals surface area contributed by atoms with E-state index in [1.807, 2.05) is 0 Å². The van der Waals surface area contributed by atoms with Gasteiger partial charge in [0.2, 0.25) is 0 Å². The van der Waals surface area contributed by atoms with Gasteiger partial charge in [-0.15, -0.1) is 0 Å². The Bertz CT molecular complexity index is 864. The third-order valence-electron chi connectivity index (χ3n) is 5.54. The van der Waals surface area contributed by atoms with Crippen LogP contribution in [-0.4, -0.2) is 112 Å². The number of ether oxygens (including phenoxy) is 2. The Labute approximate surface area is 210 Å². The lowest BCUT2D eigenvalue weighted by Gasteiger charge is -2.42. The molecule has 1 aliphatic rings. The normalized spacial score (nSPS) is 26.8. The monoisotopic (exact) mass is 640 g/mol. The van der Waals surface area contributed by atoms with Gasteiger partial charge in [-0.25, -0.2) is 0 Å². The number of alkyl halides is 17. The summed E-state index contributed by atoms with van der Waals surface area (Å²) in [4.78, 5) is 0. The molecule has 40 heavy (non-hydrogen) atoms. The van der Waals surface area contributed by atoms with Crippen LogP contribution in [0.4, 0.5) is 74.6 Å². The van der Waals surface area contributed by atoms with E-state index in [-0.39, 0.29) is 0 Å². The topological polar surface area (TPSA) is 99.4 Å². The van der Waals surface area contributed by atoms with Crippen molar-refractivity contribution in [2.24, 2.45) is 0 Å². The predicted molar refractivity (Wildman–Crippen MR) is 89.6 cm³/mol. The lowest BCUT2D eigenvalue weighted by Crippen LogP contribution is -2.74. The molecule has 0 spiro atoms. The standard InChI is InChI=1S/C17H17F17O6/c18-10(19,2-1-3-39-4-5-6(35)7(36)8(37)9(38)40-5)11(20,21)12(22,23)13(24,25)14(26,27)15(28,29)16(30,31)17(32,33)34/h5-9,35-38H,1-4H2/t5-,6+,7+,8+,9-/m1/s1. The van der Waals surface area contributed by atoms with Gasteiger partial charge < -0.3 is 29.9 Å². The summed E-state index contributed by atoms with van der Waals surface area (Å²) in [6.07, 6.45) is -22.1. The van der Waals surface area contributed by atoms with Gasteiger partial charge in [0.1, 0.15) is 24.4 Å². The van der Waals surface area contributed by atoms with Crippen LogP contribution in [0.25, 0.3) is 0 Å². The van der Waals surface area contributed by atoms with E-state index in [1.54, 1.807) is 0 Å². The zero-order chi connectivity index (χ0) is 32.1. The van der Waals surface area contributed by atoms with Crippen molar-refractivity contribution in [1.82, 2.24) is 0 Å². The minimum atomic E-state index is -8.70. The molecule has 0 aliphatic carbocycles. The smallest absolute Gasteiger partial charge is 0.387 e. The number of aliphatic hydroxyl groups is 4. The van der Waals surface area contributed by atoms with Crippen LogP contribution in [0.15, 0.2) is 0 Å². The SMILES string of the molecule is O[C@H]1[C@@H](O)[C@@H](COCCCC(F)(F)C(F)(F)C(F)(F)C(F)(F)C(F)(F)C(F)(F)C(F)(F)C(F)(F)F)O[C@@H](O)[C@H]1O. The number of rotatable bonds is 12. The highest BCUT2D eigenvalue weighted by atomic mass is 19.4. The average Bonchev–Trinajstić information content (AvgIpc) is 2.78. The summed E-state index contributed by atoms with van der Waals surface area (Å²) < 4.78 is 233. The number of halogens is 17. The third kappa shape index (κ3) is 5.64. The first-order valence-electron chi connectivity index (χ1n) is 10.1. The Balaban J connectivity index is 3.06. The van der Waals surface area contributed by atoms with Crippen LogP contribution in [0.5, 0.6) is 0 Å². The first-order chi connectivity index (χ1) is 17.5. The van der Waals surface area contributed by atoms with Gasteiger partial charge >= 0.3 is 47.6 Å². The molecule has 0 aromatic carbocycles. The van der Waals surface area contributed by atoms with E-state index in [0.717, 1.165) is 0 Å². The summed E-state index contributed by atoms with van der Waals surface area (Å²) in [6, 6.07) is 0. The molecular formula is C17H17F17O6. The fraction of sp³-hybridized carbons (Fsp3) is 1.00. The van der Waals surface area contributed by atoms with Crippen LogP contribution in [-0.2, 0) is 9.47 Å². The van der Waals surface area contributed by atoms with Gasteiger partial charge in [0.15, 0.2) is 6.29 Å². The molecule has 4 N–H and O–H groups in total. The van der Waals surface area contributed by atoms with Crippen molar-refractivity contribution in [3.05, 3.63) is 0 Å². The number of hydrogen-bond donors (Lipinski definition) is 4. The van der Waals surface area contributed by atoms with Gasteiger partial charge in [0.25, 0.3) is 0 Å². The van der Waals surface area contributed by atoms with E-state index in [4.69, 9.17) is 0 Å². The quantitative estimate of drug-likeness (QED) is 0.193. The molecule has 0 radical (unpaired) electrons. The van der Waals surface area contributed by atoms with E-state index in [9.17, 15) is 95.1 Å². The van der Waals surface area contributed by atoms with Gasteiger partial charge in [-0.2, -0.15) is 74.6 Å². The molecule has 1 aliphatic heterocycles. The maximum absolute atomic E-state index is 13.8. The van der Waals surface area contributed by atoms with Crippen LogP contribution in [0.1, 0.15) is 12.8 Å². The lowest BCUT2D eigenvalue weighted by atomic mass is 9.88. The van der Waals surface area contributed by atoms with Gasteiger partial charge in [-0.3, -0.25) is 0 Å². The number of hydrogen-bond acceptors (Lipinski definition) is 6. The van der Waals surface area contributed by atoms with Crippen molar-refractivity contribution in [2.75, 3.05) is 13.2 Å². The minimum Gasteiger partial charge on any atom is -0.387 e. The van der Waals surface area contributed by atoms with Crippen LogP contribution in [0.2, 0.25) is 0 Å².